The number of aromatic nitrogens is 3. The van der Waals surface area contributed by atoms with Gasteiger partial charge in [0.2, 0.25) is 0 Å². The molecule has 0 aliphatic carbocycles. The number of hydrogen-bond acceptors (Lipinski definition) is 4. The van der Waals surface area contributed by atoms with Gasteiger partial charge in [-0.2, -0.15) is 5.10 Å². The largest absolute Gasteiger partial charge is 0.336 e. The molecule has 134 valence electrons. The quantitative estimate of drug-likeness (QED) is 0.832. The Kier molecular flexibility index (Phi) is 5.71. The van der Waals surface area contributed by atoms with Crippen LogP contribution in [0.25, 0.3) is 0 Å². The predicted octanol–water partition coefficient (Wildman–Crippen LogP) is 1.85. The zero-order valence-electron chi connectivity index (χ0n) is 14.9. The minimum atomic E-state index is -0.0941. The average molecular weight is 334 g/mol. The molecule has 7 heteroatoms. The van der Waals surface area contributed by atoms with Crippen molar-refractivity contribution in [1.82, 2.24) is 30.3 Å². The standard InChI is InChI=1S/C17H30N6O/c1-3-15-20-16-14(7-6-11-23(16)21-15)19-17(24)18-13(2)8-12-22-9-4-5-10-22/h13-14H,3-12H2,1-2H3,(H2,18,19,24)/t13-,14-/m0/s1. The number of nitrogens with zero attached hydrogens (tertiary/aromatic N) is 4. The van der Waals surface area contributed by atoms with Gasteiger partial charge in [0.05, 0.1) is 6.04 Å². The highest BCUT2D eigenvalue weighted by atomic mass is 16.2. The molecule has 0 bridgehead atoms. The van der Waals surface area contributed by atoms with Crippen molar-refractivity contribution in [3.8, 4) is 0 Å². The van der Waals surface area contributed by atoms with E-state index < -0.39 is 0 Å². The third kappa shape index (κ3) is 4.26. The molecule has 1 aromatic rings. The lowest BCUT2D eigenvalue weighted by atomic mass is 10.1. The third-order valence-electron chi connectivity index (χ3n) is 4.99. The molecule has 24 heavy (non-hydrogen) atoms. The molecule has 3 heterocycles. The van der Waals surface area contributed by atoms with Crippen LogP contribution in [0.5, 0.6) is 0 Å². The first-order valence-corrected chi connectivity index (χ1v) is 9.38. The highest BCUT2D eigenvalue weighted by Gasteiger charge is 2.25. The molecule has 7 nitrogen and oxygen atoms in total. The Morgan fingerprint density at radius 2 is 2.08 bits per heavy atom. The molecule has 1 fully saturated rings. The molecule has 2 atom stereocenters. The summed E-state index contributed by atoms with van der Waals surface area (Å²) < 4.78 is 1.95. The molecular weight excluding hydrogens is 304 g/mol. The van der Waals surface area contributed by atoms with Crippen LogP contribution in [0.4, 0.5) is 4.79 Å². The molecule has 1 saturated heterocycles. The molecule has 0 saturated carbocycles. The summed E-state index contributed by atoms with van der Waals surface area (Å²) in [6, 6.07) is 0.0546. The van der Waals surface area contributed by atoms with Crippen LogP contribution >= 0.6 is 0 Å². The van der Waals surface area contributed by atoms with Crippen LogP contribution in [0.1, 0.15) is 63.6 Å². The average Bonchev–Trinajstić information content (AvgIpc) is 3.22. The molecule has 0 unspecified atom stereocenters. The maximum atomic E-state index is 12.3. The first-order valence-electron chi connectivity index (χ1n) is 9.38. The Morgan fingerprint density at radius 3 is 2.83 bits per heavy atom. The Bertz CT molecular complexity index is 551. The monoisotopic (exact) mass is 334 g/mol. The fourth-order valence-corrected chi connectivity index (χ4v) is 3.56. The van der Waals surface area contributed by atoms with E-state index in [4.69, 9.17) is 0 Å². The first-order chi connectivity index (χ1) is 11.7. The van der Waals surface area contributed by atoms with E-state index >= 15 is 0 Å². The van der Waals surface area contributed by atoms with Gasteiger partial charge in [0.15, 0.2) is 5.82 Å². The number of fused-ring (bicyclic) bond motifs is 1. The summed E-state index contributed by atoms with van der Waals surface area (Å²) in [4.78, 5) is 19.4. The van der Waals surface area contributed by atoms with Crippen molar-refractivity contribution in [2.45, 2.75) is 71.0 Å². The SMILES string of the molecule is CCc1nc2n(n1)CCC[C@@H]2NC(=O)N[C@@H](C)CCN1CCCC1. The summed E-state index contributed by atoms with van der Waals surface area (Å²) in [5.74, 6) is 1.76. The first kappa shape index (κ1) is 17.2. The van der Waals surface area contributed by atoms with Crippen molar-refractivity contribution in [2.24, 2.45) is 0 Å². The molecule has 0 aromatic carbocycles. The van der Waals surface area contributed by atoms with Crippen LogP contribution in [0.3, 0.4) is 0 Å². The summed E-state index contributed by atoms with van der Waals surface area (Å²) in [5.41, 5.74) is 0. The number of urea groups is 1. The van der Waals surface area contributed by atoms with Gasteiger partial charge in [0.25, 0.3) is 0 Å². The number of aryl methyl sites for hydroxylation is 2. The molecule has 2 N–H and O–H groups in total. The number of hydrogen-bond donors (Lipinski definition) is 2. The molecular formula is C17H30N6O. The summed E-state index contributed by atoms with van der Waals surface area (Å²) in [6.07, 6.45) is 6.39. The number of nitrogens with one attached hydrogen (secondary N) is 2. The van der Waals surface area contributed by atoms with Crippen molar-refractivity contribution < 1.29 is 4.79 Å². The van der Waals surface area contributed by atoms with Crippen molar-refractivity contribution in [1.29, 1.82) is 0 Å². The highest BCUT2D eigenvalue weighted by Crippen LogP contribution is 2.23. The summed E-state index contributed by atoms with van der Waals surface area (Å²) in [7, 11) is 0. The van der Waals surface area contributed by atoms with Gasteiger partial charge in [-0.3, -0.25) is 0 Å². The van der Waals surface area contributed by atoms with Gasteiger partial charge < -0.3 is 15.5 Å². The lowest BCUT2D eigenvalue weighted by molar-refractivity contribution is 0.227. The second-order valence-corrected chi connectivity index (χ2v) is 7.01. The van der Waals surface area contributed by atoms with Crippen LogP contribution in [-0.4, -0.2) is 51.4 Å². The molecule has 2 aliphatic rings. The lowest BCUT2D eigenvalue weighted by Crippen LogP contribution is -2.44. The Morgan fingerprint density at radius 1 is 1.29 bits per heavy atom. The van der Waals surface area contributed by atoms with Gasteiger partial charge >= 0.3 is 6.03 Å². The van der Waals surface area contributed by atoms with E-state index in [9.17, 15) is 4.79 Å². The van der Waals surface area contributed by atoms with Crippen LogP contribution in [0, 0.1) is 0 Å². The van der Waals surface area contributed by atoms with Gasteiger partial charge in [-0.25, -0.2) is 14.5 Å². The smallest absolute Gasteiger partial charge is 0.315 e. The Balaban J connectivity index is 1.47. The van der Waals surface area contributed by atoms with E-state index in [1.54, 1.807) is 0 Å². The molecule has 2 aliphatic heterocycles. The van der Waals surface area contributed by atoms with Gasteiger partial charge in [-0.1, -0.05) is 6.92 Å². The summed E-state index contributed by atoms with van der Waals surface area (Å²) in [6.45, 7) is 8.51. The zero-order chi connectivity index (χ0) is 16.9. The van der Waals surface area contributed by atoms with E-state index in [0.717, 1.165) is 50.4 Å². The number of carbonyl (C=O) groups excluding carboxylic acids is 1. The second kappa shape index (κ2) is 7.96. The molecule has 1 aromatic heterocycles. The molecule has 3 rings (SSSR count). The van der Waals surface area contributed by atoms with Crippen molar-refractivity contribution in [2.75, 3.05) is 19.6 Å². The second-order valence-electron chi connectivity index (χ2n) is 7.01. The van der Waals surface area contributed by atoms with Gasteiger partial charge in [-0.15, -0.1) is 0 Å². The van der Waals surface area contributed by atoms with E-state index in [1.165, 1.54) is 25.9 Å². The van der Waals surface area contributed by atoms with Crippen LogP contribution < -0.4 is 10.6 Å². The van der Waals surface area contributed by atoms with E-state index in [-0.39, 0.29) is 18.1 Å². The third-order valence-corrected chi connectivity index (χ3v) is 4.99. The van der Waals surface area contributed by atoms with E-state index in [2.05, 4.69) is 39.5 Å². The fraction of sp³-hybridized carbons (Fsp3) is 0.824. The van der Waals surface area contributed by atoms with Crippen molar-refractivity contribution >= 4 is 6.03 Å². The number of carbonyl (C=O) groups is 1. The highest BCUT2D eigenvalue weighted by molar-refractivity contribution is 5.74. The normalized spacial score (nSPS) is 22.2. The van der Waals surface area contributed by atoms with Crippen molar-refractivity contribution in [3.63, 3.8) is 0 Å². The Labute approximate surface area is 144 Å². The number of likely N-dealkylation sites (tertiary alicyclic amines) is 1. The topological polar surface area (TPSA) is 75.1 Å². The van der Waals surface area contributed by atoms with Gasteiger partial charge in [0.1, 0.15) is 5.82 Å². The molecule has 2 amide bonds. The summed E-state index contributed by atoms with van der Waals surface area (Å²) >= 11 is 0. The minimum Gasteiger partial charge on any atom is -0.336 e. The van der Waals surface area contributed by atoms with E-state index in [0.29, 0.717) is 0 Å². The van der Waals surface area contributed by atoms with E-state index in [1.807, 2.05) is 4.68 Å². The van der Waals surface area contributed by atoms with Gasteiger partial charge in [-0.05, 0) is 52.1 Å². The summed E-state index contributed by atoms with van der Waals surface area (Å²) in [5, 5.41) is 10.6. The fourth-order valence-electron chi connectivity index (χ4n) is 3.56. The van der Waals surface area contributed by atoms with Crippen LogP contribution in [0.2, 0.25) is 0 Å². The number of rotatable bonds is 6. The maximum absolute atomic E-state index is 12.3. The Hall–Kier alpha value is -1.63. The van der Waals surface area contributed by atoms with Gasteiger partial charge in [0, 0.05) is 25.6 Å². The zero-order valence-corrected chi connectivity index (χ0v) is 14.9. The van der Waals surface area contributed by atoms with Crippen molar-refractivity contribution in [3.05, 3.63) is 11.6 Å². The lowest BCUT2D eigenvalue weighted by Gasteiger charge is -2.25. The van der Waals surface area contributed by atoms with Crippen LogP contribution in [-0.2, 0) is 13.0 Å². The number of amides is 2. The van der Waals surface area contributed by atoms with Crippen LogP contribution in [0.15, 0.2) is 0 Å². The minimum absolute atomic E-state index is 0.0302. The molecule has 0 radical (unpaired) electrons. The molecule has 0 spiro atoms. The predicted molar refractivity (Wildman–Crippen MR) is 92.8 cm³/mol. The maximum Gasteiger partial charge on any atom is 0.315 e.